The zero-order valence-corrected chi connectivity index (χ0v) is 9.14. The summed E-state index contributed by atoms with van der Waals surface area (Å²) in [5.74, 6) is 0. The number of pyridine rings is 1. The average molecular weight is 218 g/mol. The van der Waals surface area contributed by atoms with Crippen LogP contribution in [0.5, 0.6) is 0 Å². The molecule has 0 aliphatic carbocycles. The predicted molar refractivity (Wildman–Crippen MR) is 71.1 cm³/mol. The molecule has 0 bridgehead atoms. The van der Waals surface area contributed by atoms with Gasteiger partial charge in [0.2, 0.25) is 0 Å². The van der Waals surface area contributed by atoms with E-state index in [2.05, 4.69) is 52.4 Å². The molecule has 0 saturated heterocycles. The quantitative estimate of drug-likeness (QED) is 0.446. The topological polar surface area (TPSA) is 28.7 Å². The molecule has 2 aromatic carbocycles. The highest BCUT2D eigenvalue weighted by Crippen LogP contribution is 2.29. The molecule has 4 aromatic rings. The molecule has 0 fully saturated rings. The van der Waals surface area contributed by atoms with Crippen LogP contribution in [0.2, 0.25) is 0 Å². The molecule has 0 radical (unpaired) electrons. The van der Waals surface area contributed by atoms with Crippen molar-refractivity contribution in [1.82, 2.24) is 9.97 Å². The number of fused-ring (bicyclic) bond motifs is 5. The maximum Gasteiger partial charge on any atom is 0.0801 e. The molecule has 0 saturated carbocycles. The van der Waals surface area contributed by atoms with Gasteiger partial charge in [-0.05, 0) is 22.9 Å². The molecule has 17 heavy (non-hydrogen) atoms. The minimum Gasteiger partial charge on any atom is -0.361 e. The lowest BCUT2D eigenvalue weighted by atomic mass is 10.0. The molecule has 2 nitrogen and oxygen atoms in total. The van der Waals surface area contributed by atoms with Crippen LogP contribution in [0.3, 0.4) is 0 Å². The van der Waals surface area contributed by atoms with E-state index in [4.69, 9.17) is 0 Å². The third-order valence-corrected chi connectivity index (χ3v) is 3.28. The van der Waals surface area contributed by atoms with E-state index in [1.165, 1.54) is 21.5 Å². The lowest BCUT2D eigenvalue weighted by molar-refractivity contribution is 1.44. The van der Waals surface area contributed by atoms with Gasteiger partial charge in [0, 0.05) is 28.7 Å². The van der Waals surface area contributed by atoms with Crippen molar-refractivity contribution in [2.45, 2.75) is 0 Å². The van der Waals surface area contributed by atoms with Gasteiger partial charge in [-0.1, -0.05) is 30.3 Å². The third kappa shape index (κ3) is 1.12. The Hall–Kier alpha value is -2.35. The number of nitrogens with one attached hydrogen (secondary N) is 1. The van der Waals surface area contributed by atoms with Crippen LogP contribution < -0.4 is 0 Å². The van der Waals surface area contributed by atoms with Crippen LogP contribution in [0.15, 0.2) is 54.9 Å². The summed E-state index contributed by atoms with van der Waals surface area (Å²) >= 11 is 0. The van der Waals surface area contributed by atoms with E-state index in [-0.39, 0.29) is 0 Å². The van der Waals surface area contributed by atoms with Crippen LogP contribution in [-0.4, -0.2) is 9.97 Å². The lowest BCUT2D eigenvalue weighted by Crippen LogP contribution is -1.83. The Balaban J connectivity index is 2.41. The molecule has 2 heteroatoms. The Morgan fingerprint density at radius 2 is 1.82 bits per heavy atom. The standard InChI is InChI=1S/C15H10N2/c1-2-4-12-11(3-1)9-17-13-6-5-10-7-8-16-15(10)14(12)13/h1-9,17H. The van der Waals surface area contributed by atoms with Crippen molar-refractivity contribution < 1.29 is 0 Å². The van der Waals surface area contributed by atoms with Crippen molar-refractivity contribution in [3.05, 3.63) is 54.9 Å². The highest BCUT2D eigenvalue weighted by atomic mass is 14.7. The normalized spacial score (nSPS) is 11.5. The summed E-state index contributed by atoms with van der Waals surface area (Å²) in [6.45, 7) is 0. The first-order valence-corrected chi connectivity index (χ1v) is 5.67. The molecule has 0 aliphatic heterocycles. The first kappa shape index (κ1) is 8.76. The van der Waals surface area contributed by atoms with Crippen molar-refractivity contribution >= 4 is 32.6 Å². The summed E-state index contributed by atoms with van der Waals surface area (Å²) in [5.41, 5.74) is 2.21. The summed E-state index contributed by atoms with van der Waals surface area (Å²) in [6.07, 6.45) is 3.92. The van der Waals surface area contributed by atoms with E-state index in [1.807, 2.05) is 12.4 Å². The minimum atomic E-state index is 1.08. The summed E-state index contributed by atoms with van der Waals surface area (Å²) in [7, 11) is 0. The molecular weight excluding hydrogens is 208 g/mol. The van der Waals surface area contributed by atoms with E-state index in [9.17, 15) is 0 Å². The smallest absolute Gasteiger partial charge is 0.0801 e. The third-order valence-electron chi connectivity index (χ3n) is 3.28. The fourth-order valence-corrected chi connectivity index (χ4v) is 2.47. The van der Waals surface area contributed by atoms with Crippen LogP contribution in [0.1, 0.15) is 0 Å². The number of aromatic nitrogens is 2. The number of H-pyrrole nitrogens is 1. The predicted octanol–water partition coefficient (Wildman–Crippen LogP) is 3.87. The second-order valence-corrected chi connectivity index (χ2v) is 4.25. The van der Waals surface area contributed by atoms with E-state index >= 15 is 0 Å². The highest BCUT2D eigenvalue weighted by Gasteiger charge is 2.06. The highest BCUT2D eigenvalue weighted by molar-refractivity contribution is 6.17. The molecule has 80 valence electrons. The van der Waals surface area contributed by atoms with Crippen LogP contribution in [-0.2, 0) is 0 Å². The van der Waals surface area contributed by atoms with E-state index in [0.29, 0.717) is 0 Å². The van der Waals surface area contributed by atoms with Gasteiger partial charge in [-0.25, -0.2) is 0 Å². The largest absolute Gasteiger partial charge is 0.361 e. The number of nitrogens with zero attached hydrogens (tertiary/aromatic N) is 1. The zero-order chi connectivity index (χ0) is 11.2. The van der Waals surface area contributed by atoms with Crippen LogP contribution in [0.25, 0.3) is 32.6 Å². The summed E-state index contributed by atoms with van der Waals surface area (Å²) in [6, 6.07) is 14.7. The van der Waals surface area contributed by atoms with Crippen molar-refractivity contribution in [1.29, 1.82) is 0 Å². The van der Waals surface area contributed by atoms with Gasteiger partial charge in [0.05, 0.1) is 5.52 Å². The van der Waals surface area contributed by atoms with Gasteiger partial charge in [0.15, 0.2) is 0 Å². The molecule has 0 unspecified atom stereocenters. The molecule has 0 atom stereocenters. The maximum absolute atomic E-state index is 4.48. The van der Waals surface area contributed by atoms with Gasteiger partial charge in [0.1, 0.15) is 0 Å². The second kappa shape index (κ2) is 3.08. The van der Waals surface area contributed by atoms with E-state index in [1.54, 1.807) is 0 Å². The molecule has 0 aliphatic rings. The van der Waals surface area contributed by atoms with Gasteiger partial charge in [0.25, 0.3) is 0 Å². The van der Waals surface area contributed by atoms with E-state index < -0.39 is 0 Å². The van der Waals surface area contributed by atoms with Crippen molar-refractivity contribution in [3.63, 3.8) is 0 Å². The SMILES string of the molecule is c1ccc2c(c1)c[nH]c1ccc3ccnc3c12. The Bertz CT molecular complexity index is 843. The fraction of sp³-hybridized carbons (Fsp3) is 0. The molecule has 0 amide bonds. The van der Waals surface area contributed by atoms with Crippen LogP contribution in [0, 0.1) is 0 Å². The van der Waals surface area contributed by atoms with Gasteiger partial charge in [-0.15, -0.1) is 0 Å². The Labute approximate surface area is 97.9 Å². The van der Waals surface area contributed by atoms with Gasteiger partial charge in [-0.2, -0.15) is 0 Å². The van der Waals surface area contributed by atoms with Crippen molar-refractivity contribution in [3.8, 4) is 0 Å². The number of benzene rings is 2. The van der Waals surface area contributed by atoms with Crippen LogP contribution >= 0.6 is 0 Å². The zero-order valence-electron chi connectivity index (χ0n) is 9.14. The minimum absolute atomic E-state index is 1.08. The number of hydrogen-bond donors (Lipinski definition) is 1. The first-order valence-electron chi connectivity index (χ1n) is 5.67. The van der Waals surface area contributed by atoms with Crippen LogP contribution in [0.4, 0.5) is 0 Å². The lowest BCUT2D eigenvalue weighted by Gasteiger charge is -2.04. The fourth-order valence-electron chi connectivity index (χ4n) is 2.47. The summed E-state index contributed by atoms with van der Waals surface area (Å²) < 4.78 is 0. The number of rotatable bonds is 0. The Morgan fingerprint density at radius 1 is 0.882 bits per heavy atom. The maximum atomic E-state index is 4.48. The second-order valence-electron chi connectivity index (χ2n) is 4.25. The Kier molecular flexibility index (Phi) is 1.59. The monoisotopic (exact) mass is 218 g/mol. The number of hydrogen-bond acceptors (Lipinski definition) is 1. The van der Waals surface area contributed by atoms with Crippen molar-refractivity contribution in [2.24, 2.45) is 0 Å². The molecule has 4 rings (SSSR count). The number of aromatic amines is 1. The van der Waals surface area contributed by atoms with E-state index in [0.717, 1.165) is 11.0 Å². The molecule has 2 aromatic heterocycles. The van der Waals surface area contributed by atoms with Gasteiger partial charge in [-0.3, -0.25) is 4.98 Å². The van der Waals surface area contributed by atoms with Gasteiger partial charge < -0.3 is 4.98 Å². The molecule has 2 heterocycles. The Morgan fingerprint density at radius 3 is 2.82 bits per heavy atom. The first-order chi connectivity index (χ1) is 8.43. The van der Waals surface area contributed by atoms with Gasteiger partial charge >= 0.3 is 0 Å². The molecule has 0 spiro atoms. The molecular formula is C15H10N2. The van der Waals surface area contributed by atoms with Crippen molar-refractivity contribution in [2.75, 3.05) is 0 Å². The summed E-state index contributed by atoms with van der Waals surface area (Å²) in [4.78, 5) is 7.81. The average Bonchev–Trinajstić information content (AvgIpc) is 2.86. The molecule has 1 N–H and O–H groups in total. The summed E-state index contributed by atoms with van der Waals surface area (Å²) in [5, 5.41) is 4.88.